The fourth-order valence-corrected chi connectivity index (χ4v) is 4.29. The van der Waals surface area contributed by atoms with Crippen molar-refractivity contribution in [3.05, 3.63) is 46.0 Å². The minimum atomic E-state index is -1.08. The van der Waals surface area contributed by atoms with E-state index in [-0.39, 0.29) is 10.2 Å². The summed E-state index contributed by atoms with van der Waals surface area (Å²) in [6.07, 6.45) is 1.61. The lowest BCUT2D eigenvalue weighted by Gasteiger charge is -2.26. The molecule has 5 nitrogen and oxygen atoms in total. The van der Waals surface area contributed by atoms with Gasteiger partial charge >= 0.3 is 5.97 Å². The van der Waals surface area contributed by atoms with E-state index in [2.05, 4.69) is 4.98 Å². The van der Waals surface area contributed by atoms with Gasteiger partial charge in [-0.3, -0.25) is 9.69 Å². The third kappa shape index (κ3) is 3.47. The zero-order valence-corrected chi connectivity index (χ0v) is 16.4. The summed E-state index contributed by atoms with van der Waals surface area (Å²) in [5, 5.41) is 10.9. The third-order valence-electron chi connectivity index (χ3n) is 3.96. The summed E-state index contributed by atoms with van der Waals surface area (Å²) in [6.45, 7) is 3.49. The minimum absolute atomic E-state index is 0.237. The number of carboxylic acid groups (broad SMARTS) is 1. The van der Waals surface area contributed by atoms with E-state index >= 15 is 0 Å². The van der Waals surface area contributed by atoms with Crippen molar-refractivity contribution in [2.75, 3.05) is 0 Å². The number of benzene rings is 1. The number of thioether (sulfide) groups is 1. The molecular weight excluding hydrogens is 392 g/mol. The molecule has 1 aromatic carbocycles. The SMILES string of the molecule is CC(C)C(C(=O)O)N1C(=O)C(=Cc2ccc3cccc(Cl)c3n2)SC1=S. The van der Waals surface area contributed by atoms with E-state index in [1.54, 1.807) is 32.1 Å². The molecule has 1 fully saturated rings. The van der Waals surface area contributed by atoms with Gasteiger partial charge < -0.3 is 5.11 Å². The average Bonchev–Trinajstić information content (AvgIpc) is 2.83. The summed E-state index contributed by atoms with van der Waals surface area (Å²) in [5.41, 5.74) is 1.20. The largest absolute Gasteiger partial charge is 0.480 e. The van der Waals surface area contributed by atoms with Crippen molar-refractivity contribution in [3.63, 3.8) is 0 Å². The predicted molar refractivity (Wildman–Crippen MR) is 108 cm³/mol. The fourth-order valence-electron chi connectivity index (χ4n) is 2.75. The Bertz CT molecular complexity index is 959. The van der Waals surface area contributed by atoms with Gasteiger partial charge in [0.1, 0.15) is 10.4 Å². The van der Waals surface area contributed by atoms with Crippen molar-refractivity contribution >= 4 is 68.8 Å². The highest BCUT2D eigenvalue weighted by Crippen LogP contribution is 2.35. The molecule has 1 atom stereocenters. The highest BCUT2D eigenvalue weighted by atomic mass is 35.5. The second-order valence-corrected chi connectivity index (χ2v) is 8.21. The Kier molecular flexibility index (Phi) is 5.32. The number of carbonyl (C=O) groups excluding carboxylic acids is 1. The Morgan fingerprint density at radius 3 is 2.73 bits per heavy atom. The number of hydrogen-bond acceptors (Lipinski definition) is 5. The van der Waals surface area contributed by atoms with E-state index in [4.69, 9.17) is 23.8 Å². The molecule has 2 heterocycles. The number of para-hydroxylation sites is 1. The number of nitrogens with zero attached hydrogens (tertiary/aromatic N) is 2. The Morgan fingerprint density at radius 1 is 1.35 bits per heavy atom. The number of carboxylic acids is 1. The number of carbonyl (C=O) groups is 2. The van der Waals surface area contributed by atoms with Crippen molar-refractivity contribution in [1.82, 2.24) is 9.88 Å². The number of fused-ring (bicyclic) bond motifs is 1. The van der Waals surface area contributed by atoms with Crippen LogP contribution in [-0.4, -0.2) is 37.2 Å². The minimum Gasteiger partial charge on any atom is -0.480 e. The van der Waals surface area contributed by atoms with Crippen molar-refractivity contribution < 1.29 is 14.7 Å². The van der Waals surface area contributed by atoms with Crippen LogP contribution in [0.25, 0.3) is 17.0 Å². The molecule has 8 heteroatoms. The Morgan fingerprint density at radius 2 is 2.08 bits per heavy atom. The smallest absolute Gasteiger partial charge is 0.327 e. The molecule has 134 valence electrons. The van der Waals surface area contributed by atoms with Gasteiger partial charge in [0.05, 0.1) is 21.1 Å². The zero-order chi connectivity index (χ0) is 19.0. The molecule has 2 aromatic rings. The highest BCUT2D eigenvalue weighted by Gasteiger charge is 2.41. The number of thiocarbonyl (C=S) groups is 1. The second-order valence-electron chi connectivity index (χ2n) is 6.13. The molecule has 1 N–H and O–H groups in total. The lowest BCUT2D eigenvalue weighted by Crippen LogP contribution is -2.47. The summed E-state index contributed by atoms with van der Waals surface area (Å²) in [4.78, 5) is 30.3. The first-order chi connectivity index (χ1) is 12.3. The molecule has 1 aromatic heterocycles. The van der Waals surface area contributed by atoms with E-state index in [1.807, 2.05) is 18.2 Å². The van der Waals surface area contributed by atoms with Crippen LogP contribution in [0, 0.1) is 5.92 Å². The summed E-state index contributed by atoms with van der Waals surface area (Å²) in [5.74, 6) is -1.76. The van der Waals surface area contributed by atoms with Crippen molar-refractivity contribution in [2.45, 2.75) is 19.9 Å². The van der Waals surface area contributed by atoms with Crippen LogP contribution in [0.5, 0.6) is 0 Å². The zero-order valence-electron chi connectivity index (χ0n) is 14.0. The quantitative estimate of drug-likeness (QED) is 0.606. The fraction of sp³-hybridized carbons (Fsp3) is 0.222. The van der Waals surface area contributed by atoms with E-state index in [0.29, 0.717) is 21.1 Å². The van der Waals surface area contributed by atoms with Gasteiger partial charge in [0, 0.05) is 5.39 Å². The lowest BCUT2D eigenvalue weighted by molar-refractivity contribution is -0.146. The number of hydrogen-bond donors (Lipinski definition) is 1. The van der Waals surface area contributed by atoms with Gasteiger partial charge in [0.25, 0.3) is 5.91 Å². The molecule has 1 aliphatic rings. The van der Waals surface area contributed by atoms with Gasteiger partial charge in [-0.2, -0.15) is 0 Å². The van der Waals surface area contributed by atoms with Crippen molar-refractivity contribution in [1.29, 1.82) is 0 Å². The third-order valence-corrected chi connectivity index (χ3v) is 5.59. The van der Waals surface area contributed by atoms with Gasteiger partial charge in [0.2, 0.25) is 0 Å². The number of aliphatic carboxylic acids is 1. The maximum Gasteiger partial charge on any atom is 0.327 e. The summed E-state index contributed by atoms with van der Waals surface area (Å²) in [6, 6.07) is 8.15. The first-order valence-corrected chi connectivity index (χ1v) is 9.45. The first kappa shape index (κ1) is 18.8. The predicted octanol–water partition coefficient (Wildman–Crippen LogP) is 4.20. The van der Waals surface area contributed by atoms with Crippen molar-refractivity contribution in [3.8, 4) is 0 Å². The van der Waals surface area contributed by atoms with Gasteiger partial charge in [-0.25, -0.2) is 9.78 Å². The molecule has 26 heavy (non-hydrogen) atoms. The first-order valence-electron chi connectivity index (χ1n) is 7.84. The number of rotatable bonds is 4. The van der Waals surface area contributed by atoms with E-state index in [1.165, 1.54) is 4.90 Å². The molecule has 0 bridgehead atoms. The Balaban J connectivity index is 1.98. The summed E-state index contributed by atoms with van der Waals surface area (Å²) in [7, 11) is 0. The van der Waals surface area contributed by atoms with Crippen molar-refractivity contribution in [2.24, 2.45) is 5.92 Å². The Hall–Kier alpha value is -1.96. The monoisotopic (exact) mass is 406 g/mol. The standard InChI is InChI=1S/C18H15ClN2O3S2/c1-9(2)15(17(23)24)21-16(22)13(26-18(21)25)8-11-7-6-10-4-3-5-12(19)14(10)20-11/h3-9,15H,1-2H3,(H,23,24). The van der Waals surface area contributed by atoms with Crippen LogP contribution in [0.1, 0.15) is 19.5 Å². The molecule has 1 saturated heterocycles. The molecular formula is C18H15ClN2O3S2. The van der Waals surface area contributed by atoms with Crippen LogP contribution in [0.15, 0.2) is 35.2 Å². The number of amides is 1. The Labute approximate surface area is 165 Å². The second kappa shape index (κ2) is 7.34. The maximum atomic E-state index is 12.7. The van der Waals surface area contributed by atoms with Gasteiger partial charge in [-0.1, -0.05) is 67.6 Å². The number of aromatic nitrogens is 1. The van der Waals surface area contributed by atoms with Crippen LogP contribution in [0.4, 0.5) is 0 Å². The van der Waals surface area contributed by atoms with Gasteiger partial charge in [0.15, 0.2) is 0 Å². The molecule has 1 aliphatic heterocycles. The molecule has 0 saturated carbocycles. The summed E-state index contributed by atoms with van der Waals surface area (Å²) < 4.78 is 0.237. The summed E-state index contributed by atoms with van der Waals surface area (Å²) >= 11 is 12.5. The van der Waals surface area contributed by atoms with Crippen LogP contribution < -0.4 is 0 Å². The van der Waals surface area contributed by atoms with E-state index in [9.17, 15) is 14.7 Å². The van der Waals surface area contributed by atoms with Crippen LogP contribution in [-0.2, 0) is 9.59 Å². The van der Waals surface area contributed by atoms with Gasteiger partial charge in [-0.05, 0) is 24.1 Å². The average molecular weight is 407 g/mol. The van der Waals surface area contributed by atoms with Crippen LogP contribution in [0.3, 0.4) is 0 Å². The molecule has 0 aliphatic carbocycles. The highest BCUT2D eigenvalue weighted by molar-refractivity contribution is 8.26. The van der Waals surface area contributed by atoms with E-state index in [0.717, 1.165) is 17.1 Å². The molecule has 0 spiro atoms. The molecule has 1 amide bonds. The van der Waals surface area contributed by atoms with Gasteiger partial charge in [-0.15, -0.1) is 0 Å². The number of halogens is 1. The topological polar surface area (TPSA) is 70.5 Å². The lowest BCUT2D eigenvalue weighted by atomic mass is 10.0. The van der Waals surface area contributed by atoms with Crippen LogP contribution in [0.2, 0.25) is 5.02 Å². The van der Waals surface area contributed by atoms with Crippen LogP contribution >= 0.6 is 35.6 Å². The maximum absolute atomic E-state index is 12.7. The molecule has 0 radical (unpaired) electrons. The molecule has 3 rings (SSSR count). The normalized spacial score (nSPS) is 17.5. The molecule has 1 unspecified atom stereocenters. The number of pyridine rings is 1. The van der Waals surface area contributed by atoms with E-state index < -0.39 is 17.9 Å².